The second-order valence-corrected chi connectivity index (χ2v) is 12.8. The quantitative estimate of drug-likeness (QED) is 0.479. The molecule has 12 heteroatoms. The molecule has 4 fully saturated rings. The van der Waals surface area contributed by atoms with Crippen molar-refractivity contribution in [2.75, 3.05) is 59.6 Å². The van der Waals surface area contributed by atoms with Gasteiger partial charge in [0.2, 0.25) is 11.8 Å². The van der Waals surface area contributed by atoms with Crippen LogP contribution in [-0.2, 0) is 38.2 Å². The van der Waals surface area contributed by atoms with Gasteiger partial charge in [-0.3, -0.25) is 19.5 Å². The van der Waals surface area contributed by atoms with Crippen molar-refractivity contribution in [3.05, 3.63) is 41.2 Å². The molecule has 43 heavy (non-hydrogen) atoms. The first-order valence-electron chi connectivity index (χ1n) is 15.5. The lowest BCUT2D eigenvalue weighted by Crippen LogP contribution is -2.52. The van der Waals surface area contributed by atoms with Gasteiger partial charge in [-0.1, -0.05) is 6.08 Å². The van der Waals surface area contributed by atoms with Crippen LogP contribution in [0.15, 0.2) is 24.4 Å². The number of methoxy groups -OCH3 is 1. The predicted octanol–water partition coefficient (Wildman–Crippen LogP) is 2.64. The maximum absolute atomic E-state index is 14.5. The molecule has 0 aromatic carbocycles. The number of rotatable bonds is 7. The zero-order chi connectivity index (χ0) is 30.2. The van der Waals surface area contributed by atoms with Gasteiger partial charge in [-0.15, -0.1) is 0 Å². The topological polar surface area (TPSA) is 87.2 Å². The Morgan fingerprint density at radius 1 is 1.23 bits per heavy atom. The summed E-state index contributed by atoms with van der Waals surface area (Å²) in [6.45, 7) is 5.28. The molecule has 236 valence electrons. The van der Waals surface area contributed by atoms with Crippen LogP contribution >= 0.6 is 0 Å². The number of ether oxygens (including phenoxy) is 2. The average molecular weight is 606 g/mol. The number of carbonyl (C=O) groups is 2. The standard InChI is InChI=1S/C31H42F3N5O4/c1-42-27-19-43-12-7-26(27)36-24-14-23-18-39(28(40)5-4-10-37-8-2-3-9-37)20-30(23,15-24)29(41)38-11-6-25-21(17-38)13-22(16-35-25)31(32,33)34/h4-5,13,16,23-24,26-27,36H,2-3,6-12,14-15,17-20H2,1H3. The van der Waals surface area contributed by atoms with Gasteiger partial charge in [0.1, 0.15) is 0 Å². The first-order chi connectivity index (χ1) is 20.7. The van der Waals surface area contributed by atoms with Gasteiger partial charge in [-0.25, -0.2) is 0 Å². The summed E-state index contributed by atoms with van der Waals surface area (Å²) in [6, 6.07) is 1.30. The van der Waals surface area contributed by atoms with Crippen molar-refractivity contribution in [2.45, 2.75) is 69.4 Å². The van der Waals surface area contributed by atoms with Gasteiger partial charge in [0.05, 0.1) is 23.7 Å². The highest BCUT2D eigenvalue weighted by Crippen LogP contribution is 2.51. The smallest absolute Gasteiger partial charge is 0.379 e. The van der Waals surface area contributed by atoms with E-state index in [-0.39, 0.29) is 42.5 Å². The third-order valence-electron chi connectivity index (χ3n) is 10.1. The van der Waals surface area contributed by atoms with Crippen molar-refractivity contribution in [2.24, 2.45) is 11.3 Å². The van der Waals surface area contributed by atoms with Crippen molar-refractivity contribution >= 4 is 11.8 Å². The molecule has 3 saturated heterocycles. The molecule has 2 amide bonds. The van der Waals surface area contributed by atoms with Gasteiger partial charge >= 0.3 is 6.18 Å². The van der Waals surface area contributed by atoms with Crippen LogP contribution in [0.4, 0.5) is 13.2 Å². The summed E-state index contributed by atoms with van der Waals surface area (Å²) < 4.78 is 51.5. The summed E-state index contributed by atoms with van der Waals surface area (Å²) >= 11 is 0. The van der Waals surface area contributed by atoms with E-state index in [1.807, 2.05) is 6.08 Å². The number of fused-ring (bicyclic) bond motifs is 2. The molecule has 1 aliphatic carbocycles. The molecule has 0 bridgehead atoms. The molecule has 1 aromatic rings. The highest BCUT2D eigenvalue weighted by Gasteiger charge is 2.59. The minimum absolute atomic E-state index is 0.0460. The number of nitrogens with zero attached hydrogens (tertiary/aromatic N) is 4. The number of aromatic nitrogens is 1. The second kappa shape index (κ2) is 12.5. The molecule has 6 rings (SSSR count). The Balaban J connectivity index is 1.20. The number of hydrogen-bond donors (Lipinski definition) is 1. The van der Waals surface area contributed by atoms with E-state index in [2.05, 4.69) is 15.2 Å². The van der Waals surface area contributed by atoms with Crippen molar-refractivity contribution in [1.29, 1.82) is 0 Å². The summed E-state index contributed by atoms with van der Waals surface area (Å²) in [5.41, 5.74) is -0.551. The monoisotopic (exact) mass is 605 g/mol. The fourth-order valence-electron chi connectivity index (χ4n) is 7.88. The van der Waals surface area contributed by atoms with Crippen LogP contribution in [0.2, 0.25) is 0 Å². The van der Waals surface area contributed by atoms with Crippen molar-refractivity contribution < 1.29 is 32.2 Å². The molecule has 5 aliphatic rings. The van der Waals surface area contributed by atoms with Gasteiger partial charge in [0, 0.05) is 82.9 Å². The molecule has 0 spiro atoms. The molecular formula is C31H42F3N5O4. The highest BCUT2D eigenvalue weighted by atomic mass is 19.4. The van der Waals surface area contributed by atoms with Crippen LogP contribution in [-0.4, -0.2) is 109 Å². The van der Waals surface area contributed by atoms with E-state index >= 15 is 0 Å². The van der Waals surface area contributed by atoms with Gasteiger partial charge < -0.3 is 24.6 Å². The Labute approximate surface area is 250 Å². The Morgan fingerprint density at radius 3 is 2.81 bits per heavy atom. The normalized spacial score (nSPS) is 31.5. The fourth-order valence-corrected chi connectivity index (χ4v) is 7.88. The molecule has 9 nitrogen and oxygen atoms in total. The van der Waals surface area contributed by atoms with Crippen LogP contribution in [0.5, 0.6) is 0 Å². The Morgan fingerprint density at radius 2 is 2.05 bits per heavy atom. The lowest BCUT2D eigenvalue weighted by Gasteiger charge is -2.37. The molecule has 5 unspecified atom stereocenters. The largest absolute Gasteiger partial charge is 0.417 e. The summed E-state index contributed by atoms with van der Waals surface area (Å²) in [5, 5.41) is 3.75. The van der Waals surface area contributed by atoms with Crippen LogP contribution in [0.25, 0.3) is 0 Å². The minimum Gasteiger partial charge on any atom is -0.379 e. The minimum atomic E-state index is -4.50. The number of likely N-dealkylation sites (tertiary alicyclic amines) is 2. The Kier molecular flexibility index (Phi) is 8.83. The van der Waals surface area contributed by atoms with Gasteiger partial charge in [0.25, 0.3) is 0 Å². The lowest BCUT2D eigenvalue weighted by atomic mass is 9.78. The molecule has 0 radical (unpaired) electrons. The van der Waals surface area contributed by atoms with E-state index in [9.17, 15) is 22.8 Å². The van der Waals surface area contributed by atoms with Crippen molar-refractivity contribution in [3.8, 4) is 0 Å². The van der Waals surface area contributed by atoms with Crippen molar-refractivity contribution in [3.63, 3.8) is 0 Å². The van der Waals surface area contributed by atoms with Crippen LogP contribution in [0.1, 0.15) is 48.9 Å². The highest BCUT2D eigenvalue weighted by molar-refractivity contribution is 5.90. The Bertz CT molecular complexity index is 1220. The molecule has 4 aliphatic heterocycles. The van der Waals surface area contributed by atoms with Gasteiger partial charge in [0.15, 0.2) is 0 Å². The number of amides is 2. The molecular weight excluding hydrogens is 563 g/mol. The molecule has 5 atom stereocenters. The van der Waals surface area contributed by atoms with Crippen LogP contribution in [0.3, 0.4) is 0 Å². The van der Waals surface area contributed by atoms with Gasteiger partial charge in [-0.2, -0.15) is 13.2 Å². The third kappa shape index (κ3) is 6.34. The third-order valence-corrected chi connectivity index (χ3v) is 10.1. The number of hydrogen-bond acceptors (Lipinski definition) is 7. The van der Waals surface area contributed by atoms with E-state index < -0.39 is 17.2 Å². The zero-order valence-electron chi connectivity index (χ0n) is 24.8. The van der Waals surface area contributed by atoms with Gasteiger partial charge in [-0.05, 0) is 62.7 Å². The first-order valence-corrected chi connectivity index (χ1v) is 15.5. The number of carbonyl (C=O) groups excluding carboxylic acids is 2. The second-order valence-electron chi connectivity index (χ2n) is 12.8. The van der Waals surface area contributed by atoms with Crippen LogP contribution < -0.4 is 5.32 Å². The van der Waals surface area contributed by atoms with E-state index in [1.165, 1.54) is 12.8 Å². The van der Waals surface area contributed by atoms with Crippen LogP contribution in [0, 0.1) is 11.3 Å². The van der Waals surface area contributed by atoms with E-state index in [1.54, 1.807) is 23.0 Å². The molecule has 5 heterocycles. The molecule has 1 saturated carbocycles. The lowest BCUT2D eigenvalue weighted by molar-refractivity contribution is -0.144. The first kappa shape index (κ1) is 30.5. The molecule has 1 aromatic heterocycles. The van der Waals surface area contributed by atoms with Crippen molar-refractivity contribution in [1.82, 2.24) is 25.0 Å². The Hall–Kier alpha value is -2.54. The summed E-state index contributed by atoms with van der Waals surface area (Å²) in [7, 11) is 1.68. The predicted molar refractivity (Wildman–Crippen MR) is 152 cm³/mol. The summed E-state index contributed by atoms with van der Waals surface area (Å²) in [6.07, 6.45) is 4.75. The maximum atomic E-state index is 14.5. The van der Waals surface area contributed by atoms with E-state index in [4.69, 9.17) is 9.47 Å². The number of alkyl halides is 3. The molecule has 1 N–H and O–H groups in total. The number of halogens is 3. The number of nitrogens with one attached hydrogen (secondary N) is 1. The summed E-state index contributed by atoms with van der Waals surface area (Å²) in [4.78, 5) is 37.6. The zero-order valence-corrected chi connectivity index (χ0v) is 24.8. The fraction of sp³-hybridized carbons (Fsp3) is 0.710. The number of pyridine rings is 1. The van der Waals surface area contributed by atoms with E-state index in [0.717, 1.165) is 44.7 Å². The maximum Gasteiger partial charge on any atom is 0.417 e. The average Bonchev–Trinajstić information content (AvgIpc) is 3.72. The summed E-state index contributed by atoms with van der Waals surface area (Å²) in [5.74, 6) is -0.205. The SMILES string of the molecule is COC1COCCC1NC1CC2CN(C(=O)C=CCN3CCCC3)CC2(C(=O)N2CCc3ncc(C(F)(F)F)cc3C2)C1. The van der Waals surface area contributed by atoms with E-state index in [0.29, 0.717) is 56.9 Å².